The van der Waals surface area contributed by atoms with Gasteiger partial charge < -0.3 is 14.7 Å². The third kappa shape index (κ3) is 6.29. The molecule has 1 N–H and O–H groups in total. The van der Waals surface area contributed by atoms with Gasteiger partial charge in [0.25, 0.3) is 0 Å². The van der Waals surface area contributed by atoms with E-state index < -0.39 is 40.3 Å². The lowest BCUT2D eigenvalue weighted by atomic mass is 9.82. The lowest BCUT2D eigenvalue weighted by Gasteiger charge is -2.44. The van der Waals surface area contributed by atoms with Gasteiger partial charge in [-0.3, -0.25) is 4.79 Å². The van der Waals surface area contributed by atoms with Crippen LogP contribution < -0.4 is 9.64 Å². The van der Waals surface area contributed by atoms with Gasteiger partial charge in [-0.1, -0.05) is 31.1 Å². The number of aromatic carboxylic acids is 1. The van der Waals surface area contributed by atoms with Crippen molar-refractivity contribution in [2.75, 3.05) is 25.1 Å². The second-order valence-corrected chi connectivity index (χ2v) is 13.9. The maximum atomic E-state index is 14.4. The first-order valence-corrected chi connectivity index (χ1v) is 15.1. The molecule has 2 heterocycles. The summed E-state index contributed by atoms with van der Waals surface area (Å²) >= 11 is 1.01. The van der Waals surface area contributed by atoms with Crippen LogP contribution in [0.5, 0.6) is 5.75 Å². The number of amides is 1. The van der Waals surface area contributed by atoms with Crippen molar-refractivity contribution in [3.8, 4) is 17.6 Å². The minimum Gasteiger partial charge on any atom is -0.494 e. The number of piperazine rings is 1. The molecule has 1 amide bonds. The first kappa shape index (κ1) is 29.1. The molecule has 11 heteroatoms. The molecule has 1 saturated heterocycles. The van der Waals surface area contributed by atoms with E-state index in [1.807, 2.05) is 20.8 Å². The van der Waals surface area contributed by atoms with Crippen LogP contribution in [0.25, 0.3) is 0 Å². The zero-order valence-corrected chi connectivity index (χ0v) is 24.1. The van der Waals surface area contributed by atoms with Crippen molar-refractivity contribution in [3.05, 3.63) is 39.8 Å². The van der Waals surface area contributed by atoms with Crippen molar-refractivity contribution in [2.24, 2.45) is 11.3 Å². The number of ether oxygens (including phenoxy) is 1. The highest BCUT2D eigenvalue weighted by atomic mass is 32.2. The molecule has 4 rings (SSSR count). The Morgan fingerprint density at radius 3 is 2.46 bits per heavy atom. The summed E-state index contributed by atoms with van der Waals surface area (Å²) < 4.78 is 47.5. The molecule has 0 spiro atoms. The van der Waals surface area contributed by atoms with Crippen LogP contribution in [0.2, 0.25) is 0 Å². The molecule has 1 atom stereocenters. The number of carbonyl (C=O) groups excluding carboxylic acids is 1. The van der Waals surface area contributed by atoms with Crippen molar-refractivity contribution >= 4 is 38.9 Å². The third-order valence-corrected chi connectivity index (χ3v) is 9.82. The van der Waals surface area contributed by atoms with Crippen LogP contribution in [0.4, 0.5) is 10.1 Å². The second kappa shape index (κ2) is 11.3. The maximum Gasteiger partial charge on any atom is 0.348 e. The summed E-state index contributed by atoms with van der Waals surface area (Å²) in [4.78, 5) is 27.7. The molecular weight excluding hydrogens is 543 g/mol. The summed E-state index contributed by atoms with van der Waals surface area (Å²) in [5, 5.41) is 9.99. The van der Waals surface area contributed by atoms with Gasteiger partial charge in [-0.05, 0) is 63.8 Å². The lowest BCUT2D eigenvalue weighted by molar-refractivity contribution is -0.121. The zero-order valence-electron chi connectivity index (χ0n) is 22.5. The van der Waals surface area contributed by atoms with Gasteiger partial charge in [0.1, 0.15) is 4.88 Å². The summed E-state index contributed by atoms with van der Waals surface area (Å²) in [6.45, 7) is 5.33. The Labute approximate surface area is 232 Å². The number of benzene rings is 1. The van der Waals surface area contributed by atoms with E-state index in [1.54, 1.807) is 6.07 Å². The SMILES string of the molecule is COc1ccc(S(=O)(=O)N2CC(=O)N(c3cc(C#CC(C)(C)C)sc3C(=O)O)C(C3CCCCC3)C2)cc1F. The van der Waals surface area contributed by atoms with Crippen molar-refractivity contribution in [3.63, 3.8) is 0 Å². The number of carbonyl (C=O) groups is 2. The number of nitrogens with zero attached hydrogens (tertiary/aromatic N) is 2. The van der Waals surface area contributed by atoms with Gasteiger partial charge in [0.2, 0.25) is 15.9 Å². The number of methoxy groups -OCH3 is 1. The Hall–Kier alpha value is -2.94. The standard InChI is InChI=1S/C28H33FN2O6S2/c1-28(2,3)13-12-19-14-22(26(38-19)27(33)34)31-23(18-8-6-5-7-9-18)16-30(17-25(31)32)39(35,36)20-10-11-24(37-4)21(29)15-20/h10-11,14-15,18,23H,5-9,16-17H2,1-4H3,(H,33,34). The van der Waals surface area contributed by atoms with Crippen LogP contribution in [0.3, 0.4) is 0 Å². The van der Waals surface area contributed by atoms with E-state index in [4.69, 9.17) is 4.74 Å². The molecule has 1 aliphatic carbocycles. The van der Waals surface area contributed by atoms with Gasteiger partial charge in [0.05, 0.1) is 35.2 Å². The molecule has 1 aliphatic heterocycles. The summed E-state index contributed by atoms with van der Waals surface area (Å²) in [6.07, 6.45) is 4.52. The Kier molecular flexibility index (Phi) is 8.40. The predicted molar refractivity (Wildman–Crippen MR) is 147 cm³/mol. The summed E-state index contributed by atoms with van der Waals surface area (Å²) in [5.74, 6) is 3.52. The number of thiophene rings is 1. The molecule has 1 saturated carbocycles. The molecule has 2 fully saturated rings. The first-order chi connectivity index (χ1) is 18.3. The monoisotopic (exact) mass is 576 g/mol. The minimum absolute atomic E-state index is 0.00380. The molecular formula is C28H33FN2O6S2. The predicted octanol–water partition coefficient (Wildman–Crippen LogP) is 4.98. The van der Waals surface area contributed by atoms with Crippen LogP contribution in [0.15, 0.2) is 29.2 Å². The van der Waals surface area contributed by atoms with Gasteiger partial charge in [-0.15, -0.1) is 11.3 Å². The normalized spacial score (nSPS) is 19.5. The fraction of sp³-hybridized carbons (Fsp3) is 0.500. The van der Waals surface area contributed by atoms with Gasteiger partial charge in [-0.2, -0.15) is 4.31 Å². The fourth-order valence-corrected chi connectivity index (χ4v) is 7.38. The molecule has 1 aromatic carbocycles. The smallest absolute Gasteiger partial charge is 0.348 e. The molecule has 39 heavy (non-hydrogen) atoms. The Morgan fingerprint density at radius 1 is 1.18 bits per heavy atom. The van der Waals surface area contributed by atoms with Crippen molar-refractivity contribution in [2.45, 2.75) is 63.8 Å². The van der Waals surface area contributed by atoms with E-state index >= 15 is 0 Å². The largest absolute Gasteiger partial charge is 0.494 e. The number of rotatable bonds is 6. The molecule has 2 aromatic rings. The summed E-state index contributed by atoms with van der Waals surface area (Å²) in [6, 6.07) is 4.45. The van der Waals surface area contributed by atoms with Crippen LogP contribution in [0, 0.1) is 29.0 Å². The average Bonchev–Trinajstić information content (AvgIpc) is 3.31. The van der Waals surface area contributed by atoms with E-state index in [-0.39, 0.29) is 39.1 Å². The van der Waals surface area contributed by atoms with Crippen LogP contribution in [-0.4, -0.2) is 55.9 Å². The number of carboxylic acids is 1. The highest BCUT2D eigenvalue weighted by molar-refractivity contribution is 7.89. The number of carboxylic acid groups (broad SMARTS) is 1. The quantitative estimate of drug-likeness (QED) is 0.487. The number of hydrogen-bond donors (Lipinski definition) is 1. The minimum atomic E-state index is -4.21. The topological polar surface area (TPSA) is 104 Å². The Bertz CT molecular complexity index is 1430. The van der Waals surface area contributed by atoms with Crippen molar-refractivity contribution in [1.29, 1.82) is 0 Å². The van der Waals surface area contributed by atoms with Crippen LogP contribution in [0.1, 0.15) is 67.4 Å². The molecule has 1 unspecified atom stereocenters. The van der Waals surface area contributed by atoms with E-state index in [0.29, 0.717) is 4.88 Å². The molecule has 0 radical (unpaired) electrons. The lowest BCUT2D eigenvalue weighted by Crippen LogP contribution is -2.60. The number of hydrogen-bond acceptors (Lipinski definition) is 6. The maximum absolute atomic E-state index is 14.4. The van der Waals surface area contributed by atoms with E-state index in [1.165, 1.54) is 24.1 Å². The van der Waals surface area contributed by atoms with E-state index in [2.05, 4.69) is 11.8 Å². The van der Waals surface area contributed by atoms with E-state index in [0.717, 1.165) is 53.8 Å². The molecule has 210 valence electrons. The van der Waals surface area contributed by atoms with Gasteiger partial charge in [0.15, 0.2) is 11.6 Å². The molecule has 0 bridgehead atoms. The summed E-state index contributed by atoms with van der Waals surface area (Å²) in [7, 11) is -2.92. The van der Waals surface area contributed by atoms with Crippen LogP contribution in [-0.2, 0) is 14.8 Å². The Balaban J connectivity index is 1.75. The number of anilines is 1. The highest BCUT2D eigenvalue weighted by Gasteiger charge is 2.44. The second-order valence-electron chi connectivity index (χ2n) is 11.0. The van der Waals surface area contributed by atoms with Gasteiger partial charge in [0, 0.05) is 12.0 Å². The molecule has 2 aliphatic rings. The zero-order chi connectivity index (χ0) is 28.5. The van der Waals surface area contributed by atoms with Crippen LogP contribution >= 0.6 is 11.3 Å². The van der Waals surface area contributed by atoms with E-state index in [9.17, 15) is 27.5 Å². The first-order valence-electron chi connectivity index (χ1n) is 12.9. The summed E-state index contributed by atoms with van der Waals surface area (Å²) in [5.41, 5.74) is -0.0478. The van der Waals surface area contributed by atoms with Crippen molar-refractivity contribution < 1.29 is 32.2 Å². The third-order valence-electron chi connectivity index (χ3n) is 6.98. The molecule has 1 aromatic heterocycles. The highest BCUT2D eigenvalue weighted by Crippen LogP contribution is 2.39. The number of sulfonamides is 1. The average molecular weight is 577 g/mol. The molecule has 8 nitrogen and oxygen atoms in total. The Morgan fingerprint density at radius 2 is 1.87 bits per heavy atom. The number of halogens is 1. The van der Waals surface area contributed by atoms with Gasteiger partial charge in [-0.25, -0.2) is 17.6 Å². The van der Waals surface area contributed by atoms with Crippen molar-refractivity contribution in [1.82, 2.24) is 4.31 Å². The van der Waals surface area contributed by atoms with Gasteiger partial charge >= 0.3 is 5.97 Å². The fourth-order valence-electron chi connectivity index (χ4n) is 5.12.